The van der Waals surface area contributed by atoms with E-state index in [1.165, 1.54) is 0 Å². The van der Waals surface area contributed by atoms with Gasteiger partial charge in [0, 0.05) is 5.48 Å². The van der Waals surface area contributed by atoms with Crippen molar-refractivity contribution in [3.8, 4) is 0 Å². The van der Waals surface area contributed by atoms with Gasteiger partial charge in [-0.25, -0.2) is 0 Å². The van der Waals surface area contributed by atoms with Crippen molar-refractivity contribution in [2.45, 2.75) is 25.2 Å². The van der Waals surface area contributed by atoms with Gasteiger partial charge in [0.25, 0.3) is 0 Å². The Morgan fingerprint density at radius 3 is 2.70 bits per heavy atom. The van der Waals surface area contributed by atoms with Gasteiger partial charge in [-0.2, -0.15) is 0 Å². The molecule has 0 saturated heterocycles. The molecule has 0 spiro atoms. The predicted octanol–water partition coefficient (Wildman–Crippen LogP) is -0.473. The fourth-order valence-corrected chi connectivity index (χ4v) is 0.342. The highest BCUT2D eigenvalue weighted by Crippen LogP contribution is 1.96. The lowest BCUT2D eigenvalue weighted by molar-refractivity contribution is -0.138. The Kier molecular flexibility index (Phi) is 2.24. The molecule has 4 heteroatoms. The highest BCUT2D eigenvalue weighted by Gasteiger charge is 2.09. The van der Waals surface area contributed by atoms with Crippen LogP contribution in [0, 0.1) is 0 Å². The van der Waals surface area contributed by atoms with Gasteiger partial charge < -0.3 is 16.6 Å². The molecular weight excluding hydrogens is 132 g/mol. The second-order valence-corrected chi connectivity index (χ2v) is 1.71. The van der Waals surface area contributed by atoms with Gasteiger partial charge in [-0.1, -0.05) is 6.37 Å². The maximum absolute atomic E-state index is 10.3. The number of carboxylic acids is 1. The van der Waals surface area contributed by atoms with E-state index in [-0.39, 0.29) is 0 Å². The fraction of sp³-hybridized carbons (Fsp3) is 0.833. The minimum atomic E-state index is -2.35. The third kappa shape index (κ3) is 4.29. The fourth-order valence-electron chi connectivity index (χ4n) is 0.342. The quantitative estimate of drug-likeness (QED) is 0.499. The van der Waals surface area contributed by atoms with Crippen molar-refractivity contribution in [1.82, 2.24) is 0 Å². The molecule has 10 heavy (non-hydrogen) atoms. The van der Waals surface area contributed by atoms with Crippen molar-refractivity contribution in [1.29, 1.82) is 0 Å². The molecule has 0 aromatic rings. The lowest BCUT2D eigenvalue weighted by Crippen LogP contribution is -2.29. The van der Waals surface area contributed by atoms with E-state index in [2.05, 4.69) is 0 Å². The highest BCUT2D eigenvalue weighted by atomic mass is 16.4. The van der Waals surface area contributed by atoms with E-state index in [9.17, 15) is 4.79 Å². The summed E-state index contributed by atoms with van der Waals surface area (Å²) >= 11 is 0. The summed E-state index contributed by atoms with van der Waals surface area (Å²) in [6.07, 6.45) is -5.23. The van der Waals surface area contributed by atoms with Crippen LogP contribution in [0.4, 0.5) is 0 Å². The topological polar surface area (TPSA) is 89.3 Å². The van der Waals surface area contributed by atoms with Crippen molar-refractivity contribution < 1.29 is 15.4 Å². The van der Waals surface area contributed by atoms with Crippen molar-refractivity contribution in [2.75, 3.05) is 6.54 Å². The molecule has 0 aliphatic carbocycles. The standard InChI is InChI=1S/C6H14N2O2/c7-4-2-1-3-5(8)6(9)10/h5H,1-4,7-8H2,(H,9,10)/t5-/m0/s1/i1T2,2T2. The molecule has 0 radical (unpaired) electrons. The first kappa shape index (κ1) is 4.31. The van der Waals surface area contributed by atoms with E-state index in [0.717, 1.165) is 0 Å². The molecule has 4 nitrogen and oxygen atoms in total. The van der Waals surface area contributed by atoms with Gasteiger partial charge in [0.15, 0.2) is 0 Å². The molecule has 60 valence electrons. The van der Waals surface area contributed by atoms with Gasteiger partial charge in [-0.3, -0.25) is 4.79 Å². The second kappa shape index (κ2) is 5.20. The Bertz CT molecular complexity index is 222. The molecule has 0 aliphatic heterocycles. The lowest BCUT2D eigenvalue weighted by atomic mass is 10.1. The SMILES string of the molecule is [3H]C([3H])(CN)C([3H])([3H])C[C@H](N)C(=O)O. The maximum atomic E-state index is 10.3. The number of carboxylic acid groups (broad SMARTS) is 1. The van der Waals surface area contributed by atoms with E-state index in [0.29, 0.717) is 0 Å². The highest BCUT2D eigenvalue weighted by molar-refractivity contribution is 5.72. The molecule has 0 rings (SSSR count). The third-order valence-electron chi connectivity index (χ3n) is 0.866. The van der Waals surface area contributed by atoms with Crippen molar-refractivity contribution in [2.24, 2.45) is 11.5 Å². The Hall–Kier alpha value is -0.610. The average Bonchev–Trinajstić information content (AvgIpc) is 2.03. The summed E-state index contributed by atoms with van der Waals surface area (Å²) in [5, 5.41) is 8.44. The second-order valence-electron chi connectivity index (χ2n) is 1.71. The van der Waals surface area contributed by atoms with Crippen LogP contribution in [0.15, 0.2) is 0 Å². The number of hydrogen-bond acceptors (Lipinski definition) is 3. The summed E-state index contributed by atoms with van der Waals surface area (Å²) in [7, 11) is 0. The zero-order valence-electron chi connectivity index (χ0n) is 9.50. The zero-order chi connectivity index (χ0) is 11.6. The van der Waals surface area contributed by atoms with Crippen LogP contribution in [0.5, 0.6) is 0 Å². The van der Waals surface area contributed by atoms with Crippen molar-refractivity contribution >= 4 is 5.97 Å². The number of aliphatic carboxylic acids is 1. The molecule has 0 unspecified atom stereocenters. The Morgan fingerprint density at radius 1 is 1.70 bits per heavy atom. The van der Waals surface area contributed by atoms with E-state index >= 15 is 0 Å². The van der Waals surface area contributed by atoms with Gasteiger partial charge >= 0.3 is 5.97 Å². The van der Waals surface area contributed by atoms with E-state index < -0.39 is 37.7 Å². The monoisotopic (exact) mass is 154 g/mol. The lowest BCUT2D eigenvalue weighted by Gasteiger charge is -2.03. The third-order valence-corrected chi connectivity index (χ3v) is 0.866. The van der Waals surface area contributed by atoms with Crippen molar-refractivity contribution in [3.63, 3.8) is 0 Å². The smallest absolute Gasteiger partial charge is 0.320 e. The van der Waals surface area contributed by atoms with E-state index in [1.54, 1.807) is 0 Å². The van der Waals surface area contributed by atoms with Gasteiger partial charge in [-0.05, 0) is 19.3 Å². The van der Waals surface area contributed by atoms with Crippen LogP contribution in [0.25, 0.3) is 0 Å². The van der Waals surface area contributed by atoms with Crippen LogP contribution in [0.2, 0.25) is 0 Å². The first-order valence-electron chi connectivity index (χ1n) is 4.82. The van der Waals surface area contributed by atoms with Crippen LogP contribution in [0.1, 0.15) is 24.6 Å². The van der Waals surface area contributed by atoms with E-state index in [4.69, 9.17) is 22.1 Å². The zero-order valence-corrected chi connectivity index (χ0v) is 5.50. The minimum Gasteiger partial charge on any atom is -0.480 e. The van der Waals surface area contributed by atoms with Gasteiger partial charge in [0.1, 0.15) is 6.04 Å². The van der Waals surface area contributed by atoms with Crippen molar-refractivity contribution in [3.05, 3.63) is 0 Å². The van der Waals surface area contributed by atoms with Crippen LogP contribution in [-0.4, -0.2) is 23.7 Å². The normalized spacial score (nSPS) is 21.8. The number of carbonyl (C=O) groups is 1. The summed E-state index contributed by atoms with van der Waals surface area (Å²) in [5.74, 6) is -1.36. The summed E-state index contributed by atoms with van der Waals surface area (Å²) in [4.78, 5) is 10.3. The van der Waals surface area contributed by atoms with Gasteiger partial charge in [0.05, 0.1) is 0 Å². The number of nitrogens with two attached hydrogens (primary N) is 2. The first-order valence-corrected chi connectivity index (χ1v) is 2.82. The molecule has 5 N–H and O–H groups in total. The first-order chi connectivity index (χ1) is 6.14. The Labute approximate surface area is 65.8 Å². The van der Waals surface area contributed by atoms with Gasteiger partial charge in [-0.15, -0.1) is 0 Å². The summed E-state index contributed by atoms with van der Waals surface area (Å²) in [6, 6.07) is -1.42. The minimum absolute atomic E-state index is 0.521. The molecule has 0 fully saturated rings. The molecule has 0 saturated carbocycles. The maximum Gasteiger partial charge on any atom is 0.320 e. The van der Waals surface area contributed by atoms with Crippen LogP contribution in [-0.2, 0) is 4.79 Å². The molecule has 1 atom stereocenters. The summed E-state index contributed by atoms with van der Waals surface area (Å²) in [6.45, 7) is -0.521. The molecule has 0 heterocycles. The average molecular weight is 154 g/mol. The van der Waals surface area contributed by atoms with Crippen LogP contribution >= 0.6 is 0 Å². The largest absolute Gasteiger partial charge is 0.480 e. The van der Waals surface area contributed by atoms with Crippen LogP contribution < -0.4 is 11.5 Å². The summed E-state index contributed by atoms with van der Waals surface area (Å²) < 4.78 is 29.1. The molecule has 0 aliphatic rings. The van der Waals surface area contributed by atoms with Gasteiger partial charge in [0.2, 0.25) is 0 Å². The van der Waals surface area contributed by atoms with Crippen LogP contribution in [0.3, 0.4) is 0 Å². The number of hydrogen-bond donors (Lipinski definition) is 3. The summed E-state index contributed by atoms with van der Waals surface area (Å²) in [5.41, 5.74) is 10.1. The molecule has 0 amide bonds. The molecule has 0 aromatic carbocycles. The van der Waals surface area contributed by atoms with E-state index in [1.807, 2.05) is 0 Å². The number of rotatable bonds is 5. The molecule has 0 bridgehead atoms. The predicted molar refractivity (Wildman–Crippen MR) is 38.5 cm³/mol. The molecule has 0 aromatic heterocycles. The Balaban J connectivity index is 4.56. The molecular formula is C6H14N2O2. The Morgan fingerprint density at radius 2 is 2.30 bits per heavy atom.